The molecule has 0 atom stereocenters. The average Bonchev–Trinajstić information content (AvgIpc) is 0.821. The van der Waals surface area contributed by atoms with Gasteiger partial charge >= 0.3 is 0 Å². The predicted molar refractivity (Wildman–Crippen MR) is 367 cm³/mol. The van der Waals surface area contributed by atoms with Crippen LogP contribution in [0.15, 0.2) is 251 Å². The van der Waals surface area contributed by atoms with Gasteiger partial charge in [-0.3, -0.25) is 30.0 Å². The summed E-state index contributed by atoms with van der Waals surface area (Å²) in [6.07, 6.45) is 0. The van der Waals surface area contributed by atoms with Crippen molar-refractivity contribution in [1.82, 2.24) is 0 Å². The second-order valence-corrected chi connectivity index (χ2v) is 25.6. The van der Waals surface area contributed by atoms with Crippen molar-refractivity contribution >= 4 is 99.2 Å². The highest BCUT2D eigenvalue weighted by Crippen LogP contribution is 2.32. The maximum atomic E-state index is 14.7. The van der Waals surface area contributed by atoms with Crippen LogP contribution in [0.3, 0.4) is 0 Å². The van der Waals surface area contributed by atoms with Crippen LogP contribution < -0.4 is 48.6 Å². The van der Waals surface area contributed by atoms with Crippen LogP contribution in [0.5, 0.6) is 0 Å². The molecule has 492 valence electrons. The fourth-order valence-corrected chi connectivity index (χ4v) is 11.5. The third-order valence-electron chi connectivity index (χ3n) is 14.3. The fraction of sp³-hybridized carbons (Fsp3) is 0.0435. The number of primary amides is 1. The van der Waals surface area contributed by atoms with Gasteiger partial charge in [0.25, 0.3) is 17.7 Å². The largest absolute Gasteiger partial charge is 0.384 e. The van der Waals surface area contributed by atoms with E-state index in [2.05, 4.69) is 16.0 Å². The number of nitrogen functional groups attached to an aromatic ring is 2. The summed E-state index contributed by atoms with van der Waals surface area (Å²) in [4.78, 5) is 48.4. The average molecular weight is 1360 g/mol. The van der Waals surface area contributed by atoms with Gasteiger partial charge in [-0.15, -0.1) is 0 Å². The summed E-state index contributed by atoms with van der Waals surface area (Å²) < 4.78 is 115. The number of halogens is 3. The van der Waals surface area contributed by atoms with E-state index in [1.54, 1.807) is 140 Å². The van der Waals surface area contributed by atoms with Crippen molar-refractivity contribution in [3.63, 3.8) is 0 Å². The number of amidine groups is 2. The molecular formula is C69H62F3N11O10S3. The molecule has 9 aromatic rings. The van der Waals surface area contributed by atoms with Crippen molar-refractivity contribution in [2.24, 2.45) is 32.6 Å². The molecule has 0 aliphatic heterocycles. The van der Waals surface area contributed by atoms with E-state index in [0.29, 0.717) is 78.3 Å². The maximum Gasteiger partial charge on any atom is 0.284 e. The number of carbonyl (C=O) groups excluding carboxylic acids is 4. The lowest BCUT2D eigenvalue weighted by molar-refractivity contribution is -0.114. The summed E-state index contributed by atoms with van der Waals surface area (Å²) in [5.74, 6) is -6.79. The van der Waals surface area contributed by atoms with Gasteiger partial charge in [-0.05, 0) is 150 Å². The molecule has 0 aliphatic carbocycles. The highest BCUT2D eigenvalue weighted by molar-refractivity contribution is 7.89. The number of nitrogens with one attached hydrogen (secondary N) is 5. The zero-order valence-electron chi connectivity index (χ0n) is 51.2. The molecular weight excluding hydrogens is 1300 g/mol. The van der Waals surface area contributed by atoms with E-state index in [1.165, 1.54) is 99.6 Å². The molecule has 0 heterocycles. The lowest BCUT2D eigenvalue weighted by Gasteiger charge is -2.10. The van der Waals surface area contributed by atoms with Crippen LogP contribution >= 0.6 is 0 Å². The summed E-state index contributed by atoms with van der Waals surface area (Å²) in [6, 6.07) is 56.3. The topological polar surface area (TPSA) is 411 Å². The van der Waals surface area contributed by atoms with Gasteiger partial charge in [0.1, 0.15) is 11.7 Å². The minimum atomic E-state index is -3.92. The zero-order chi connectivity index (χ0) is 70.4. The molecule has 9 rings (SSSR count). The van der Waals surface area contributed by atoms with Crippen molar-refractivity contribution in [3.05, 3.63) is 269 Å². The fourth-order valence-electron chi connectivity index (χ4n) is 9.25. The van der Waals surface area contributed by atoms with Crippen LogP contribution in [-0.2, 0) is 44.5 Å². The molecule has 0 unspecified atom stereocenters. The molecule has 0 radical (unpaired) electrons. The number of hydrogen-bond acceptors (Lipinski definition) is 12. The van der Waals surface area contributed by atoms with Crippen molar-refractivity contribution in [2.45, 2.75) is 35.5 Å². The summed E-state index contributed by atoms with van der Waals surface area (Å²) in [5.41, 5.74) is 22.6. The van der Waals surface area contributed by atoms with E-state index in [9.17, 15) is 57.6 Å². The number of primary sulfonamides is 3. The smallest absolute Gasteiger partial charge is 0.284 e. The van der Waals surface area contributed by atoms with Crippen molar-refractivity contribution < 1.29 is 57.6 Å². The van der Waals surface area contributed by atoms with Crippen LogP contribution in [0.4, 0.5) is 30.2 Å². The van der Waals surface area contributed by atoms with E-state index < -0.39 is 71.2 Å². The molecule has 0 aromatic heterocycles. The third-order valence-corrected chi connectivity index (χ3v) is 17.2. The minimum absolute atomic E-state index is 0.0193. The summed E-state index contributed by atoms with van der Waals surface area (Å²) in [6.45, 7) is 4.34. The number of allylic oxidation sites excluding steroid dienone is 3. The molecule has 21 nitrogen and oxygen atoms in total. The lowest BCUT2D eigenvalue weighted by atomic mass is 10.0. The first-order valence-electron chi connectivity index (χ1n) is 28.2. The second kappa shape index (κ2) is 31.0. The molecule has 17 N–H and O–H groups in total. The number of benzene rings is 9. The van der Waals surface area contributed by atoms with E-state index in [4.69, 9.17) is 43.4 Å². The van der Waals surface area contributed by atoms with Gasteiger partial charge in [0.05, 0.1) is 14.7 Å². The summed E-state index contributed by atoms with van der Waals surface area (Å²) >= 11 is 0. The number of nitrogens with two attached hydrogens (primary N) is 6. The maximum absolute atomic E-state index is 14.7. The summed E-state index contributed by atoms with van der Waals surface area (Å²) in [5, 5.41) is 38.2. The lowest BCUT2D eigenvalue weighted by Crippen LogP contribution is -2.14. The van der Waals surface area contributed by atoms with Gasteiger partial charge in [0.15, 0.2) is 17.5 Å². The van der Waals surface area contributed by atoms with E-state index in [-0.39, 0.29) is 48.6 Å². The number of amides is 4. The molecule has 0 saturated carbocycles. The normalized spacial score (nSPS) is 12.1. The molecule has 27 heteroatoms. The van der Waals surface area contributed by atoms with E-state index >= 15 is 0 Å². The quantitative estimate of drug-likeness (QED) is 0.0217. The highest BCUT2D eigenvalue weighted by atomic mass is 32.2. The Balaban J connectivity index is 0.000000203. The number of anilines is 3. The Labute approximate surface area is 551 Å². The monoisotopic (exact) mass is 1360 g/mol. The Morgan fingerprint density at radius 2 is 0.562 bits per heavy atom. The van der Waals surface area contributed by atoms with Crippen LogP contribution in [0.2, 0.25) is 0 Å². The standard InChI is InChI=1S/2C23H21FN4O3S.C23H20FN3O4S/c2*1-14(16-5-4-6-17(13-16)22(25)26)21(24)23(29)28-18-11-9-15(10-12-18)19-7-2-3-8-20(19)32(27,30)31;1-14(16-5-4-6-17(13-16)22(25)28)21(24)23(29)27-18-11-9-15(10-12-18)19-7-2-3-8-20(19)32(26,30)31/h2*2-13H,1H3,(H3,25,26)(H,28,29)(H2,27,30,31);2-13H,1H3,(H2,25,28)(H,27,29)(H2,26,30,31)/b21-14+;21-14-;21-14+. The van der Waals surface area contributed by atoms with Crippen molar-refractivity contribution in [3.8, 4) is 33.4 Å². The van der Waals surface area contributed by atoms with Crippen molar-refractivity contribution in [1.29, 1.82) is 10.8 Å². The van der Waals surface area contributed by atoms with Gasteiger partial charge in [0, 0.05) is 50.4 Å². The van der Waals surface area contributed by atoms with Crippen molar-refractivity contribution in [2.75, 3.05) is 16.0 Å². The number of rotatable bonds is 18. The molecule has 9 aromatic carbocycles. The van der Waals surface area contributed by atoms with Gasteiger partial charge < -0.3 is 33.2 Å². The summed E-state index contributed by atoms with van der Waals surface area (Å²) in [7, 11) is -11.7. The first-order valence-corrected chi connectivity index (χ1v) is 32.9. The van der Waals surface area contributed by atoms with E-state index in [0.717, 1.165) is 0 Å². The van der Waals surface area contributed by atoms with Gasteiger partial charge in [-0.2, -0.15) is 0 Å². The second-order valence-electron chi connectivity index (χ2n) is 21.0. The Morgan fingerprint density at radius 1 is 0.333 bits per heavy atom. The molecule has 0 fully saturated rings. The van der Waals surface area contributed by atoms with Crippen LogP contribution in [-0.4, -0.2) is 60.6 Å². The Kier molecular flexibility index (Phi) is 23.2. The SMILES string of the molecule is C/C(=C(/F)C(=O)Nc1ccc(-c2ccccc2S(N)(=O)=O)cc1)c1cccc(C(=N)N)c1.C/C(=C(\F)C(=O)Nc1ccc(-c2ccccc2S(N)(=O)=O)cc1)c1cccc(C(=N)N)c1.C/C(=C(\F)C(=O)Nc1ccc(-c2ccccc2S(N)(=O)=O)cc1)c1cccc(C(N)=O)c1. The number of hydrogen-bond donors (Lipinski definition) is 11. The van der Waals surface area contributed by atoms with Crippen LogP contribution in [0, 0.1) is 10.8 Å². The molecule has 0 saturated heterocycles. The molecule has 0 aliphatic rings. The number of carbonyl (C=O) groups is 4. The first kappa shape index (κ1) is 72.0. The molecule has 0 spiro atoms. The highest BCUT2D eigenvalue weighted by Gasteiger charge is 2.21. The molecule has 96 heavy (non-hydrogen) atoms. The Hall–Kier alpha value is -11.5. The van der Waals surface area contributed by atoms with Gasteiger partial charge in [-0.1, -0.05) is 140 Å². The van der Waals surface area contributed by atoms with E-state index in [1.807, 2.05) is 0 Å². The molecule has 4 amide bonds. The van der Waals surface area contributed by atoms with Gasteiger partial charge in [-0.25, -0.2) is 53.8 Å². The third kappa shape index (κ3) is 18.6. The minimum Gasteiger partial charge on any atom is -0.384 e. The van der Waals surface area contributed by atoms with Crippen LogP contribution in [0.1, 0.15) is 58.9 Å². The zero-order valence-corrected chi connectivity index (χ0v) is 53.6. The first-order chi connectivity index (χ1) is 45.2. The Morgan fingerprint density at radius 3 is 0.802 bits per heavy atom. The Bertz CT molecular complexity index is 4500. The predicted octanol–water partition coefficient (Wildman–Crippen LogP) is 10.7. The van der Waals surface area contributed by atoms with Gasteiger partial charge in [0.2, 0.25) is 36.0 Å². The molecule has 0 bridgehead atoms. The number of sulfonamides is 3. The van der Waals surface area contributed by atoms with Crippen LogP contribution in [0.25, 0.3) is 50.1 Å².